The van der Waals surface area contributed by atoms with Gasteiger partial charge in [-0.25, -0.2) is 4.98 Å². The summed E-state index contributed by atoms with van der Waals surface area (Å²) in [6, 6.07) is 12.8. The molecule has 2 aromatic carbocycles. The first-order chi connectivity index (χ1) is 13.5. The molecule has 1 fully saturated rings. The molecule has 1 aromatic heterocycles. The van der Waals surface area contributed by atoms with Crippen molar-refractivity contribution < 1.29 is 4.79 Å². The number of fused-ring (bicyclic) bond motifs is 1. The number of carbonyl (C=O) groups excluding carboxylic acids is 1. The number of halogens is 1. The molecule has 5 heteroatoms. The minimum Gasteiger partial charge on any atom is -0.340 e. The largest absolute Gasteiger partial charge is 0.340 e. The van der Waals surface area contributed by atoms with E-state index in [4.69, 9.17) is 0 Å². The van der Waals surface area contributed by atoms with Gasteiger partial charge in [0, 0.05) is 23.0 Å². The Morgan fingerprint density at radius 2 is 2.00 bits per heavy atom. The Kier molecular flexibility index (Phi) is 5.54. The molecule has 3 aromatic rings. The number of imidazole rings is 1. The van der Waals surface area contributed by atoms with E-state index < -0.39 is 0 Å². The van der Waals surface area contributed by atoms with Crippen LogP contribution in [0.2, 0.25) is 0 Å². The topological polar surface area (TPSA) is 49.0 Å². The van der Waals surface area contributed by atoms with Crippen LogP contribution in [0.4, 0.5) is 0 Å². The number of carbonyl (C=O) groups is 1. The molecule has 1 atom stereocenters. The van der Waals surface area contributed by atoms with Gasteiger partial charge in [0.25, 0.3) is 0 Å². The van der Waals surface area contributed by atoms with Gasteiger partial charge in [0.1, 0.15) is 5.82 Å². The van der Waals surface area contributed by atoms with E-state index in [0.717, 1.165) is 47.4 Å². The second-order valence-corrected chi connectivity index (χ2v) is 9.00. The highest BCUT2D eigenvalue weighted by atomic mass is 79.9. The van der Waals surface area contributed by atoms with Gasteiger partial charge >= 0.3 is 0 Å². The van der Waals surface area contributed by atoms with E-state index in [-0.39, 0.29) is 11.9 Å². The number of H-pyrrole nitrogens is 1. The number of benzene rings is 2. The van der Waals surface area contributed by atoms with E-state index in [1.165, 1.54) is 10.8 Å². The Balaban J connectivity index is 1.61. The van der Waals surface area contributed by atoms with Gasteiger partial charge in [-0.1, -0.05) is 48.0 Å². The lowest BCUT2D eigenvalue weighted by Crippen LogP contribution is -2.39. The molecule has 1 amide bonds. The zero-order valence-electron chi connectivity index (χ0n) is 16.4. The van der Waals surface area contributed by atoms with Crippen molar-refractivity contribution in [2.75, 3.05) is 6.54 Å². The molecule has 146 valence electrons. The minimum atomic E-state index is 0.0603. The third-order valence-corrected chi connectivity index (χ3v) is 5.92. The minimum absolute atomic E-state index is 0.0603. The molecule has 2 heterocycles. The number of hydrogen-bond donors (Lipinski definition) is 1. The first kappa shape index (κ1) is 19.2. The van der Waals surface area contributed by atoms with Gasteiger partial charge < -0.3 is 9.88 Å². The third kappa shape index (κ3) is 4.00. The average Bonchev–Trinajstić information content (AvgIpc) is 3.17. The summed E-state index contributed by atoms with van der Waals surface area (Å²) < 4.78 is 1.08. The lowest BCUT2D eigenvalue weighted by Gasteiger charge is -2.35. The van der Waals surface area contributed by atoms with Gasteiger partial charge in [0.15, 0.2) is 0 Å². The van der Waals surface area contributed by atoms with Crippen LogP contribution in [0.3, 0.4) is 0 Å². The number of nitrogens with one attached hydrogen (secondary N) is 1. The fourth-order valence-electron chi connectivity index (χ4n) is 4.02. The normalized spacial score (nSPS) is 17.4. The standard InChI is InChI=1S/C23H26BrN3O/c1-15(2)11-22(28)27-10-4-3-5-21(27)23-25-14-20(26-23)18-7-6-17-13-19(24)9-8-16(17)12-18/h6-9,12-15,21H,3-5,10-11H2,1-2H3,(H,25,26)/t21-/m0/s1. The van der Waals surface area contributed by atoms with E-state index in [0.29, 0.717) is 12.3 Å². The highest BCUT2D eigenvalue weighted by Gasteiger charge is 2.30. The van der Waals surface area contributed by atoms with E-state index in [1.807, 2.05) is 11.1 Å². The molecule has 1 aliphatic heterocycles. The number of aromatic amines is 1. The number of amides is 1. The van der Waals surface area contributed by atoms with Crippen LogP contribution in [0.15, 0.2) is 47.1 Å². The van der Waals surface area contributed by atoms with E-state index in [1.54, 1.807) is 0 Å². The average molecular weight is 440 g/mol. The second kappa shape index (κ2) is 8.08. The number of piperidine rings is 1. The Hall–Kier alpha value is -2.14. The Morgan fingerprint density at radius 1 is 1.21 bits per heavy atom. The maximum Gasteiger partial charge on any atom is 0.223 e. The number of aromatic nitrogens is 2. The summed E-state index contributed by atoms with van der Waals surface area (Å²) in [6.07, 6.45) is 5.69. The van der Waals surface area contributed by atoms with Crippen molar-refractivity contribution in [2.24, 2.45) is 5.92 Å². The number of hydrogen-bond acceptors (Lipinski definition) is 2. The fourth-order valence-corrected chi connectivity index (χ4v) is 4.40. The van der Waals surface area contributed by atoms with Gasteiger partial charge in [-0.2, -0.15) is 0 Å². The molecule has 1 N–H and O–H groups in total. The van der Waals surface area contributed by atoms with Crippen LogP contribution in [0.5, 0.6) is 0 Å². The molecule has 4 rings (SSSR count). The van der Waals surface area contributed by atoms with Gasteiger partial charge in [-0.15, -0.1) is 0 Å². The van der Waals surface area contributed by atoms with Crippen molar-refractivity contribution in [1.82, 2.24) is 14.9 Å². The van der Waals surface area contributed by atoms with Crippen LogP contribution in [0, 0.1) is 5.92 Å². The second-order valence-electron chi connectivity index (χ2n) is 8.09. The van der Waals surface area contributed by atoms with Crippen LogP contribution >= 0.6 is 15.9 Å². The highest BCUT2D eigenvalue weighted by Crippen LogP contribution is 2.32. The Bertz CT molecular complexity index is 994. The monoisotopic (exact) mass is 439 g/mol. The molecule has 1 aliphatic rings. The predicted molar refractivity (Wildman–Crippen MR) is 117 cm³/mol. The molecule has 0 unspecified atom stereocenters. The summed E-state index contributed by atoms with van der Waals surface area (Å²) in [5, 5.41) is 2.40. The van der Waals surface area contributed by atoms with Crippen molar-refractivity contribution >= 4 is 32.6 Å². The summed E-state index contributed by atoms with van der Waals surface area (Å²) in [7, 11) is 0. The first-order valence-corrected chi connectivity index (χ1v) is 10.8. The molecular formula is C23H26BrN3O. The summed E-state index contributed by atoms with van der Waals surface area (Å²) >= 11 is 3.53. The SMILES string of the molecule is CC(C)CC(=O)N1CCCC[C@H]1c1ncc(-c2ccc3cc(Br)ccc3c2)[nH]1. The molecule has 28 heavy (non-hydrogen) atoms. The predicted octanol–water partition coefficient (Wildman–Crippen LogP) is 6.09. The van der Waals surface area contributed by atoms with Crippen molar-refractivity contribution in [1.29, 1.82) is 0 Å². The van der Waals surface area contributed by atoms with Crippen LogP contribution in [0.1, 0.15) is 51.4 Å². The maximum atomic E-state index is 12.7. The van der Waals surface area contributed by atoms with Crippen molar-refractivity contribution in [2.45, 2.75) is 45.6 Å². The summed E-state index contributed by atoms with van der Waals surface area (Å²) in [5.74, 6) is 1.52. The van der Waals surface area contributed by atoms with Crippen LogP contribution in [-0.4, -0.2) is 27.3 Å². The van der Waals surface area contributed by atoms with Crippen LogP contribution in [-0.2, 0) is 4.79 Å². The van der Waals surface area contributed by atoms with E-state index in [2.05, 4.69) is 76.1 Å². The van der Waals surface area contributed by atoms with Crippen molar-refractivity contribution in [3.05, 3.63) is 52.9 Å². The molecule has 1 saturated heterocycles. The Labute approximate surface area is 174 Å². The fraction of sp³-hybridized carbons (Fsp3) is 0.391. The van der Waals surface area contributed by atoms with E-state index >= 15 is 0 Å². The molecular weight excluding hydrogens is 414 g/mol. The van der Waals surface area contributed by atoms with Gasteiger partial charge in [0.05, 0.1) is 17.9 Å². The van der Waals surface area contributed by atoms with Crippen molar-refractivity contribution in [3.63, 3.8) is 0 Å². The molecule has 4 nitrogen and oxygen atoms in total. The molecule has 0 saturated carbocycles. The van der Waals surface area contributed by atoms with Gasteiger partial charge in [0.2, 0.25) is 5.91 Å². The first-order valence-electron chi connectivity index (χ1n) is 10.1. The molecule has 0 bridgehead atoms. The van der Waals surface area contributed by atoms with Crippen LogP contribution < -0.4 is 0 Å². The maximum absolute atomic E-state index is 12.7. The zero-order chi connectivity index (χ0) is 19.7. The van der Waals surface area contributed by atoms with Gasteiger partial charge in [-0.3, -0.25) is 4.79 Å². The smallest absolute Gasteiger partial charge is 0.223 e. The molecule has 0 spiro atoms. The molecule has 0 radical (unpaired) electrons. The lowest BCUT2D eigenvalue weighted by molar-refractivity contribution is -0.136. The number of likely N-dealkylation sites (tertiary alicyclic amines) is 1. The third-order valence-electron chi connectivity index (χ3n) is 5.43. The summed E-state index contributed by atoms with van der Waals surface area (Å²) in [6.45, 7) is 5.03. The summed E-state index contributed by atoms with van der Waals surface area (Å²) in [5.41, 5.74) is 2.12. The quantitative estimate of drug-likeness (QED) is 0.534. The number of rotatable bonds is 4. The highest BCUT2D eigenvalue weighted by molar-refractivity contribution is 9.10. The van der Waals surface area contributed by atoms with Crippen LogP contribution in [0.25, 0.3) is 22.0 Å². The van der Waals surface area contributed by atoms with Gasteiger partial charge in [-0.05, 0) is 54.2 Å². The Morgan fingerprint density at radius 3 is 2.82 bits per heavy atom. The molecule has 0 aliphatic carbocycles. The van der Waals surface area contributed by atoms with E-state index in [9.17, 15) is 4.79 Å². The lowest BCUT2D eigenvalue weighted by atomic mass is 9.99. The summed E-state index contributed by atoms with van der Waals surface area (Å²) in [4.78, 5) is 22.9. The number of nitrogens with zero attached hydrogens (tertiary/aromatic N) is 2. The van der Waals surface area contributed by atoms with Crippen molar-refractivity contribution in [3.8, 4) is 11.3 Å². The zero-order valence-corrected chi connectivity index (χ0v) is 18.0.